The first-order chi connectivity index (χ1) is 8.19. The van der Waals surface area contributed by atoms with Crippen LogP contribution in [0.15, 0.2) is 17.5 Å². The van der Waals surface area contributed by atoms with Crippen LogP contribution in [0, 0.1) is 0 Å². The van der Waals surface area contributed by atoms with E-state index in [1.807, 2.05) is 18.4 Å². The molecule has 6 heteroatoms. The van der Waals surface area contributed by atoms with Gasteiger partial charge in [0.2, 0.25) is 5.91 Å². The molecule has 1 heterocycles. The SMILES string of the molecule is CCN(CCc1cccs1)C(=O)C(N)COC.Cl. The Morgan fingerprint density at radius 1 is 1.61 bits per heavy atom. The van der Waals surface area contributed by atoms with Gasteiger partial charge in [-0.25, -0.2) is 0 Å². The van der Waals surface area contributed by atoms with Crippen molar-refractivity contribution in [2.24, 2.45) is 5.73 Å². The minimum absolute atomic E-state index is 0. The average Bonchev–Trinajstić information content (AvgIpc) is 2.83. The Morgan fingerprint density at radius 3 is 2.83 bits per heavy atom. The van der Waals surface area contributed by atoms with E-state index in [0.717, 1.165) is 6.42 Å². The fourth-order valence-electron chi connectivity index (χ4n) is 1.61. The van der Waals surface area contributed by atoms with Crippen molar-refractivity contribution < 1.29 is 9.53 Å². The third-order valence-electron chi connectivity index (χ3n) is 2.57. The molecule has 1 aromatic rings. The second kappa shape index (κ2) is 9.33. The van der Waals surface area contributed by atoms with Gasteiger partial charge in [-0.2, -0.15) is 0 Å². The fraction of sp³-hybridized carbons (Fsp3) is 0.583. The average molecular weight is 293 g/mol. The zero-order chi connectivity index (χ0) is 12.7. The third-order valence-corrected chi connectivity index (χ3v) is 3.50. The van der Waals surface area contributed by atoms with E-state index in [1.165, 1.54) is 4.88 Å². The van der Waals surface area contributed by atoms with Gasteiger partial charge in [0.25, 0.3) is 0 Å². The van der Waals surface area contributed by atoms with Crippen LogP contribution < -0.4 is 5.73 Å². The summed E-state index contributed by atoms with van der Waals surface area (Å²) in [5.74, 6) is -0.0362. The Morgan fingerprint density at radius 2 is 2.33 bits per heavy atom. The first-order valence-corrected chi connectivity index (χ1v) is 6.62. The number of halogens is 1. The Bertz CT molecular complexity index is 333. The molecule has 0 fully saturated rings. The summed E-state index contributed by atoms with van der Waals surface area (Å²) in [5, 5.41) is 2.05. The maximum atomic E-state index is 11.9. The van der Waals surface area contributed by atoms with Crippen LogP contribution >= 0.6 is 23.7 Å². The molecule has 18 heavy (non-hydrogen) atoms. The highest BCUT2D eigenvalue weighted by Gasteiger charge is 2.19. The van der Waals surface area contributed by atoms with Gasteiger partial charge in [0.05, 0.1) is 6.61 Å². The van der Waals surface area contributed by atoms with Gasteiger partial charge in [0.1, 0.15) is 6.04 Å². The van der Waals surface area contributed by atoms with Crippen molar-refractivity contribution in [3.8, 4) is 0 Å². The first kappa shape index (κ1) is 17.4. The molecule has 104 valence electrons. The van der Waals surface area contributed by atoms with Gasteiger partial charge in [-0.1, -0.05) is 6.07 Å². The van der Waals surface area contributed by atoms with Crippen LogP contribution in [0.1, 0.15) is 11.8 Å². The van der Waals surface area contributed by atoms with Crippen molar-refractivity contribution in [3.05, 3.63) is 22.4 Å². The lowest BCUT2D eigenvalue weighted by Crippen LogP contribution is -2.46. The number of hydrogen-bond acceptors (Lipinski definition) is 4. The Labute approximate surface area is 119 Å². The molecule has 0 radical (unpaired) electrons. The molecule has 1 unspecified atom stereocenters. The van der Waals surface area contributed by atoms with Crippen LogP contribution in [0.3, 0.4) is 0 Å². The lowest BCUT2D eigenvalue weighted by molar-refractivity contribution is -0.133. The lowest BCUT2D eigenvalue weighted by Gasteiger charge is -2.23. The molecule has 1 amide bonds. The smallest absolute Gasteiger partial charge is 0.241 e. The summed E-state index contributed by atoms with van der Waals surface area (Å²) in [5.41, 5.74) is 5.74. The third kappa shape index (κ3) is 5.35. The van der Waals surface area contributed by atoms with Crippen LogP contribution in [0.25, 0.3) is 0 Å². The number of carbonyl (C=O) groups excluding carboxylic acids is 1. The molecule has 0 aliphatic rings. The number of rotatable bonds is 7. The van der Waals surface area contributed by atoms with Gasteiger partial charge in [-0.3, -0.25) is 4.79 Å². The maximum Gasteiger partial charge on any atom is 0.241 e. The van der Waals surface area contributed by atoms with Crippen molar-refractivity contribution in [2.45, 2.75) is 19.4 Å². The van der Waals surface area contributed by atoms with Crippen LogP contribution in [0.5, 0.6) is 0 Å². The molecule has 0 aliphatic heterocycles. The molecule has 0 aliphatic carbocycles. The van der Waals surface area contributed by atoms with E-state index in [0.29, 0.717) is 13.1 Å². The molecule has 4 nitrogen and oxygen atoms in total. The topological polar surface area (TPSA) is 55.6 Å². The number of nitrogens with zero attached hydrogens (tertiary/aromatic N) is 1. The number of nitrogens with two attached hydrogens (primary N) is 1. The number of methoxy groups -OCH3 is 1. The van der Waals surface area contributed by atoms with Gasteiger partial charge in [0, 0.05) is 25.1 Å². The van der Waals surface area contributed by atoms with Crippen LogP contribution in [-0.4, -0.2) is 43.7 Å². The Hall–Kier alpha value is -0.620. The number of hydrogen-bond donors (Lipinski definition) is 1. The fourth-order valence-corrected chi connectivity index (χ4v) is 2.31. The van der Waals surface area contributed by atoms with E-state index in [9.17, 15) is 4.79 Å². The predicted molar refractivity (Wildman–Crippen MR) is 77.4 cm³/mol. The molecule has 0 bridgehead atoms. The molecule has 2 N–H and O–H groups in total. The van der Waals surface area contributed by atoms with Gasteiger partial charge in [-0.05, 0) is 24.8 Å². The standard InChI is InChI=1S/C12H20N2O2S.ClH/c1-3-14(12(15)11(13)9-16-2)7-6-10-5-4-8-17-10;/h4-5,8,11H,3,6-7,9,13H2,1-2H3;1H. The molecule has 0 saturated carbocycles. The number of carbonyl (C=O) groups is 1. The zero-order valence-electron chi connectivity index (χ0n) is 10.8. The van der Waals surface area contributed by atoms with Crippen molar-refractivity contribution in [1.29, 1.82) is 0 Å². The van der Waals surface area contributed by atoms with E-state index in [4.69, 9.17) is 10.5 Å². The number of likely N-dealkylation sites (N-methyl/N-ethyl adjacent to an activating group) is 1. The van der Waals surface area contributed by atoms with Crippen molar-refractivity contribution >= 4 is 29.7 Å². The van der Waals surface area contributed by atoms with Gasteiger partial charge in [0.15, 0.2) is 0 Å². The van der Waals surface area contributed by atoms with Crippen LogP contribution in [0.2, 0.25) is 0 Å². The Balaban J connectivity index is 0.00000289. The van der Waals surface area contributed by atoms with Crippen molar-refractivity contribution in [2.75, 3.05) is 26.8 Å². The minimum Gasteiger partial charge on any atom is -0.383 e. The zero-order valence-corrected chi connectivity index (χ0v) is 12.4. The highest BCUT2D eigenvalue weighted by Crippen LogP contribution is 2.10. The molecule has 0 aromatic carbocycles. The lowest BCUT2D eigenvalue weighted by atomic mass is 10.2. The highest BCUT2D eigenvalue weighted by atomic mass is 35.5. The van der Waals surface area contributed by atoms with Gasteiger partial charge < -0.3 is 15.4 Å². The van der Waals surface area contributed by atoms with Crippen molar-refractivity contribution in [3.63, 3.8) is 0 Å². The summed E-state index contributed by atoms with van der Waals surface area (Å²) in [7, 11) is 1.55. The number of ether oxygens (including phenoxy) is 1. The molecule has 1 atom stereocenters. The summed E-state index contributed by atoms with van der Waals surface area (Å²) < 4.78 is 4.90. The van der Waals surface area contributed by atoms with Gasteiger partial charge >= 0.3 is 0 Å². The molecular formula is C12H21ClN2O2S. The predicted octanol–water partition coefficient (Wildman–Crippen LogP) is 1.53. The first-order valence-electron chi connectivity index (χ1n) is 5.74. The van der Waals surface area contributed by atoms with Crippen LogP contribution in [-0.2, 0) is 16.0 Å². The molecule has 1 rings (SSSR count). The summed E-state index contributed by atoms with van der Waals surface area (Å²) in [4.78, 5) is 15.0. The van der Waals surface area contributed by atoms with Crippen molar-refractivity contribution in [1.82, 2.24) is 4.90 Å². The minimum atomic E-state index is -0.553. The quantitative estimate of drug-likeness (QED) is 0.829. The van der Waals surface area contributed by atoms with E-state index in [2.05, 4.69) is 6.07 Å². The summed E-state index contributed by atoms with van der Waals surface area (Å²) >= 11 is 1.71. The Kier molecular flexibility index (Phi) is 9.01. The van der Waals surface area contributed by atoms with E-state index in [1.54, 1.807) is 23.3 Å². The number of amides is 1. The molecule has 1 aromatic heterocycles. The highest BCUT2D eigenvalue weighted by molar-refractivity contribution is 7.09. The van der Waals surface area contributed by atoms with Gasteiger partial charge in [-0.15, -0.1) is 23.7 Å². The van der Waals surface area contributed by atoms with E-state index < -0.39 is 6.04 Å². The summed E-state index contributed by atoms with van der Waals surface area (Å²) in [6, 6.07) is 3.55. The molecule has 0 saturated heterocycles. The summed E-state index contributed by atoms with van der Waals surface area (Å²) in [6.45, 7) is 3.63. The summed E-state index contributed by atoms with van der Waals surface area (Å²) in [6.07, 6.45) is 0.886. The molecule has 0 spiro atoms. The molecular weight excluding hydrogens is 272 g/mol. The van der Waals surface area contributed by atoms with Crippen LogP contribution in [0.4, 0.5) is 0 Å². The maximum absolute atomic E-state index is 11.9. The second-order valence-corrected chi connectivity index (χ2v) is 4.84. The number of thiophene rings is 1. The van der Waals surface area contributed by atoms with E-state index >= 15 is 0 Å². The normalized spacial score (nSPS) is 11.7. The van der Waals surface area contributed by atoms with E-state index in [-0.39, 0.29) is 24.9 Å². The largest absolute Gasteiger partial charge is 0.383 e. The second-order valence-electron chi connectivity index (χ2n) is 3.81. The monoisotopic (exact) mass is 292 g/mol.